The fourth-order valence-corrected chi connectivity index (χ4v) is 4.35. The molecule has 0 spiro atoms. The van der Waals surface area contributed by atoms with Gasteiger partial charge in [-0.3, -0.25) is 4.90 Å². The van der Waals surface area contributed by atoms with Gasteiger partial charge in [0.05, 0.1) is 0 Å². The second-order valence-corrected chi connectivity index (χ2v) is 7.10. The van der Waals surface area contributed by atoms with Gasteiger partial charge >= 0.3 is 0 Å². The van der Waals surface area contributed by atoms with Crippen LogP contribution in [0.2, 0.25) is 0 Å². The van der Waals surface area contributed by atoms with Gasteiger partial charge in [0, 0.05) is 32.7 Å². The predicted octanol–water partition coefficient (Wildman–Crippen LogP) is 1.83. The molecule has 0 unspecified atom stereocenters. The van der Waals surface area contributed by atoms with Crippen LogP contribution in [0, 0.1) is 0 Å². The van der Waals surface area contributed by atoms with E-state index in [1.165, 1.54) is 57.5 Å². The van der Waals surface area contributed by atoms with Gasteiger partial charge in [0.2, 0.25) is 0 Å². The first-order valence-electron chi connectivity index (χ1n) is 8.59. The van der Waals surface area contributed by atoms with Crippen LogP contribution in [-0.2, 0) is 12.0 Å². The summed E-state index contributed by atoms with van der Waals surface area (Å²) < 4.78 is 0. The van der Waals surface area contributed by atoms with Crippen molar-refractivity contribution in [2.24, 2.45) is 0 Å². The molecule has 5 rings (SSSR count). The maximum absolute atomic E-state index is 3.42. The Morgan fingerprint density at radius 2 is 1.48 bits per heavy atom. The van der Waals surface area contributed by atoms with Gasteiger partial charge < -0.3 is 10.2 Å². The maximum Gasteiger partial charge on any atom is 0.0234 e. The lowest BCUT2D eigenvalue weighted by atomic mass is 9.67. The second kappa shape index (κ2) is 5.71. The maximum atomic E-state index is 3.42. The largest absolute Gasteiger partial charge is 0.314 e. The minimum atomic E-state index is 0.502. The summed E-state index contributed by atoms with van der Waals surface area (Å²) in [4.78, 5) is 5.18. The van der Waals surface area contributed by atoms with Crippen molar-refractivity contribution in [1.29, 1.82) is 0 Å². The minimum Gasteiger partial charge on any atom is -0.314 e. The Bertz CT molecular complexity index is 454. The van der Waals surface area contributed by atoms with Crippen molar-refractivity contribution < 1.29 is 0 Å². The summed E-state index contributed by atoms with van der Waals surface area (Å²) in [5.74, 6) is 0. The zero-order valence-corrected chi connectivity index (χ0v) is 13.0. The quantitative estimate of drug-likeness (QED) is 0.914. The summed E-state index contributed by atoms with van der Waals surface area (Å²) in [6, 6.07) is 9.62. The number of hydrogen-bond donors (Lipinski definition) is 1. The fourth-order valence-electron chi connectivity index (χ4n) is 4.35. The number of fused-ring (bicyclic) bond motifs is 3. The molecule has 0 saturated carbocycles. The van der Waals surface area contributed by atoms with E-state index in [1.54, 1.807) is 5.56 Å². The highest BCUT2D eigenvalue weighted by atomic mass is 15.2. The third-order valence-electron chi connectivity index (χ3n) is 5.90. The molecule has 4 saturated heterocycles. The smallest absolute Gasteiger partial charge is 0.0234 e. The van der Waals surface area contributed by atoms with E-state index in [1.807, 2.05) is 0 Å². The van der Waals surface area contributed by atoms with Gasteiger partial charge in [0.15, 0.2) is 0 Å². The lowest BCUT2D eigenvalue weighted by Crippen LogP contribution is -2.50. The lowest BCUT2D eigenvalue weighted by molar-refractivity contribution is 0.0817. The summed E-state index contributed by atoms with van der Waals surface area (Å²) in [7, 11) is 0. The first-order valence-corrected chi connectivity index (χ1v) is 8.59. The molecule has 3 nitrogen and oxygen atoms in total. The Hall–Kier alpha value is -0.900. The number of nitrogens with zero attached hydrogens (tertiary/aromatic N) is 2. The number of rotatable bonds is 3. The summed E-state index contributed by atoms with van der Waals surface area (Å²) >= 11 is 0. The number of hydrogen-bond acceptors (Lipinski definition) is 3. The molecule has 21 heavy (non-hydrogen) atoms. The van der Waals surface area contributed by atoms with Crippen LogP contribution in [0.15, 0.2) is 24.3 Å². The molecule has 1 N–H and O–H groups in total. The molecular weight excluding hydrogens is 258 g/mol. The molecule has 2 bridgehead atoms. The molecule has 0 atom stereocenters. The highest BCUT2D eigenvalue weighted by Crippen LogP contribution is 2.42. The number of piperazine rings is 1. The van der Waals surface area contributed by atoms with E-state index >= 15 is 0 Å². The molecule has 4 heterocycles. The lowest BCUT2D eigenvalue weighted by Gasteiger charge is -2.49. The topological polar surface area (TPSA) is 18.5 Å². The molecule has 1 aromatic rings. The van der Waals surface area contributed by atoms with Crippen LogP contribution < -0.4 is 5.32 Å². The number of nitrogens with one attached hydrogen (secondary N) is 1. The van der Waals surface area contributed by atoms with Crippen molar-refractivity contribution >= 4 is 0 Å². The van der Waals surface area contributed by atoms with E-state index in [0.29, 0.717) is 5.41 Å². The molecule has 4 fully saturated rings. The van der Waals surface area contributed by atoms with E-state index in [0.717, 1.165) is 19.6 Å². The van der Waals surface area contributed by atoms with Crippen molar-refractivity contribution in [2.45, 2.75) is 31.2 Å². The average molecular weight is 285 g/mol. The molecule has 4 aliphatic heterocycles. The van der Waals surface area contributed by atoms with Gasteiger partial charge in [-0.1, -0.05) is 24.3 Å². The first kappa shape index (κ1) is 13.7. The molecule has 4 aliphatic rings. The van der Waals surface area contributed by atoms with E-state index < -0.39 is 0 Å². The summed E-state index contributed by atoms with van der Waals surface area (Å²) in [6.45, 7) is 9.68. The van der Waals surface area contributed by atoms with Crippen molar-refractivity contribution in [3.8, 4) is 0 Å². The Morgan fingerprint density at radius 1 is 0.857 bits per heavy atom. The van der Waals surface area contributed by atoms with Gasteiger partial charge in [-0.05, 0) is 55.4 Å². The van der Waals surface area contributed by atoms with Crippen LogP contribution in [0.5, 0.6) is 0 Å². The highest BCUT2D eigenvalue weighted by Gasteiger charge is 2.40. The fraction of sp³-hybridized carbons (Fsp3) is 0.667. The van der Waals surface area contributed by atoms with Crippen molar-refractivity contribution in [3.63, 3.8) is 0 Å². The Morgan fingerprint density at radius 3 is 2.10 bits per heavy atom. The van der Waals surface area contributed by atoms with E-state index in [9.17, 15) is 0 Å². The van der Waals surface area contributed by atoms with E-state index in [2.05, 4.69) is 39.4 Å². The second-order valence-electron chi connectivity index (χ2n) is 7.10. The van der Waals surface area contributed by atoms with Crippen LogP contribution >= 0.6 is 0 Å². The Kier molecular flexibility index (Phi) is 3.74. The minimum absolute atomic E-state index is 0.502. The Balaban J connectivity index is 1.45. The molecule has 0 radical (unpaired) electrons. The van der Waals surface area contributed by atoms with Crippen LogP contribution in [-0.4, -0.2) is 55.6 Å². The van der Waals surface area contributed by atoms with E-state index in [-0.39, 0.29) is 0 Å². The van der Waals surface area contributed by atoms with Gasteiger partial charge in [-0.2, -0.15) is 0 Å². The molecule has 1 aromatic carbocycles. The standard InChI is InChI=1S/C18H27N3/c1-3-17(18-5-10-20(11-6-18)12-7-18)4-2-16(1)15-21-13-8-19-9-14-21/h1-4,19H,5-15H2. The summed E-state index contributed by atoms with van der Waals surface area (Å²) in [5, 5.41) is 3.42. The van der Waals surface area contributed by atoms with Crippen LogP contribution in [0.25, 0.3) is 0 Å². The normalized spacial score (nSPS) is 33.2. The zero-order chi connectivity index (χ0) is 14.1. The van der Waals surface area contributed by atoms with Crippen molar-refractivity contribution in [3.05, 3.63) is 35.4 Å². The van der Waals surface area contributed by atoms with Crippen molar-refractivity contribution in [2.75, 3.05) is 45.8 Å². The molecular formula is C18H27N3. The number of benzene rings is 1. The van der Waals surface area contributed by atoms with Crippen molar-refractivity contribution in [1.82, 2.24) is 15.1 Å². The molecule has 3 heteroatoms. The molecule has 0 amide bonds. The molecule has 0 aromatic heterocycles. The van der Waals surface area contributed by atoms with Crippen LogP contribution in [0.4, 0.5) is 0 Å². The monoisotopic (exact) mass is 285 g/mol. The van der Waals surface area contributed by atoms with Gasteiger partial charge in [0.1, 0.15) is 0 Å². The Labute approximate surface area is 128 Å². The van der Waals surface area contributed by atoms with Gasteiger partial charge in [0.25, 0.3) is 0 Å². The average Bonchev–Trinajstić information content (AvgIpc) is 2.58. The first-order chi connectivity index (χ1) is 10.3. The van der Waals surface area contributed by atoms with Gasteiger partial charge in [-0.15, -0.1) is 0 Å². The van der Waals surface area contributed by atoms with Crippen LogP contribution in [0.1, 0.15) is 30.4 Å². The van der Waals surface area contributed by atoms with Gasteiger partial charge in [-0.25, -0.2) is 0 Å². The SMILES string of the molecule is c1cc(C23CCN(CC2)CC3)ccc1CN1CCNCC1. The third-order valence-corrected chi connectivity index (χ3v) is 5.90. The van der Waals surface area contributed by atoms with E-state index in [4.69, 9.17) is 0 Å². The summed E-state index contributed by atoms with van der Waals surface area (Å²) in [6.07, 6.45) is 4.10. The third kappa shape index (κ3) is 2.75. The summed E-state index contributed by atoms with van der Waals surface area (Å²) in [5.41, 5.74) is 3.58. The molecule has 114 valence electrons. The highest BCUT2D eigenvalue weighted by molar-refractivity contribution is 5.31. The zero-order valence-electron chi connectivity index (χ0n) is 13.0. The van der Waals surface area contributed by atoms with Crippen LogP contribution in [0.3, 0.4) is 0 Å². The predicted molar refractivity (Wildman–Crippen MR) is 86.6 cm³/mol. The number of piperidine rings is 3. The molecule has 0 aliphatic carbocycles.